The predicted molar refractivity (Wildman–Crippen MR) is 108 cm³/mol. The SMILES string of the molecule is C=CCCCCC(O)C[N+](CCO)(CC(O)CCCCC=C)C(C)C(=O)O. The van der Waals surface area contributed by atoms with Gasteiger partial charge in [0.15, 0.2) is 6.04 Å². The number of nitrogens with zero attached hydrogens (tertiary/aromatic N) is 1. The van der Waals surface area contributed by atoms with Crippen molar-refractivity contribution in [3.63, 3.8) is 0 Å². The van der Waals surface area contributed by atoms with Crippen LogP contribution in [0, 0.1) is 0 Å². The van der Waals surface area contributed by atoms with Gasteiger partial charge in [-0.05, 0) is 45.4 Å². The highest BCUT2D eigenvalue weighted by Gasteiger charge is 2.41. The number of rotatable bonds is 18. The van der Waals surface area contributed by atoms with E-state index in [1.807, 2.05) is 12.2 Å². The van der Waals surface area contributed by atoms with E-state index in [4.69, 9.17) is 0 Å². The van der Waals surface area contributed by atoms with Crippen LogP contribution in [0.1, 0.15) is 58.3 Å². The lowest BCUT2D eigenvalue weighted by Crippen LogP contribution is -2.64. The van der Waals surface area contributed by atoms with E-state index in [1.165, 1.54) is 0 Å². The van der Waals surface area contributed by atoms with Crippen molar-refractivity contribution >= 4 is 5.97 Å². The summed E-state index contributed by atoms with van der Waals surface area (Å²) in [4.78, 5) is 11.7. The van der Waals surface area contributed by atoms with Gasteiger partial charge in [0.25, 0.3) is 0 Å². The molecule has 27 heavy (non-hydrogen) atoms. The van der Waals surface area contributed by atoms with Crippen LogP contribution in [0.15, 0.2) is 25.3 Å². The Balaban J connectivity index is 5.07. The Morgan fingerprint density at radius 3 is 1.74 bits per heavy atom. The molecule has 0 amide bonds. The number of quaternary nitrogens is 1. The third-order valence-electron chi connectivity index (χ3n) is 5.26. The van der Waals surface area contributed by atoms with E-state index in [-0.39, 0.29) is 30.7 Å². The Hall–Kier alpha value is -1.21. The Labute approximate surface area is 164 Å². The Kier molecular flexibility index (Phi) is 14.1. The maximum Gasteiger partial charge on any atom is 0.362 e. The molecule has 0 aromatic heterocycles. The van der Waals surface area contributed by atoms with Gasteiger partial charge in [-0.15, -0.1) is 13.2 Å². The van der Waals surface area contributed by atoms with E-state index < -0.39 is 24.2 Å². The number of aliphatic hydroxyl groups excluding tert-OH is 3. The number of carbonyl (C=O) groups is 1. The van der Waals surface area contributed by atoms with Crippen molar-refractivity contribution in [3.8, 4) is 0 Å². The molecule has 0 heterocycles. The summed E-state index contributed by atoms with van der Waals surface area (Å²) in [6.07, 6.45) is 8.78. The van der Waals surface area contributed by atoms with E-state index in [0.29, 0.717) is 12.8 Å². The van der Waals surface area contributed by atoms with Gasteiger partial charge >= 0.3 is 5.97 Å². The molecule has 0 aromatic rings. The number of allylic oxidation sites excluding steroid dienone is 2. The molecule has 0 aromatic carbocycles. The summed E-state index contributed by atoms with van der Waals surface area (Å²) in [5, 5.41) is 40.1. The molecular formula is C21H40NO5+. The molecule has 3 atom stereocenters. The minimum absolute atomic E-state index is 0.0168. The zero-order valence-corrected chi connectivity index (χ0v) is 16.9. The van der Waals surface area contributed by atoms with E-state index >= 15 is 0 Å². The molecular weight excluding hydrogens is 346 g/mol. The third-order valence-corrected chi connectivity index (χ3v) is 5.26. The molecule has 0 spiro atoms. The second-order valence-electron chi connectivity index (χ2n) is 7.50. The smallest absolute Gasteiger partial charge is 0.362 e. The average Bonchev–Trinajstić information content (AvgIpc) is 2.61. The summed E-state index contributed by atoms with van der Waals surface area (Å²) in [6, 6.07) is -0.817. The molecule has 6 heteroatoms. The minimum atomic E-state index is -0.985. The monoisotopic (exact) mass is 386 g/mol. The van der Waals surface area contributed by atoms with Crippen LogP contribution in [0.4, 0.5) is 0 Å². The number of hydrogen-bond donors (Lipinski definition) is 4. The predicted octanol–water partition coefficient (Wildman–Crippen LogP) is 2.48. The van der Waals surface area contributed by atoms with Gasteiger partial charge in [0.1, 0.15) is 31.8 Å². The third kappa shape index (κ3) is 10.6. The fourth-order valence-electron chi connectivity index (χ4n) is 3.56. The lowest BCUT2D eigenvalue weighted by Gasteiger charge is -2.43. The van der Waals surface area contributed by atoms with Gasteiger partial charge in [0, 0.05) is 0 Å². The first-order valence-corrected chi connectivity index (χ1v) is 10.1. The highest BCUT2D eigenvalue weighted by Crippen LogP contribution is 2.21. The first kappa shape index (κ1) is 25.8. The topological polar surface area (TPSA) is 98.0 Å². The maximum absolute atomic E-state index is 11.7. The largest absolute Gasteiger partial charge is 0.477 e. The van der Waals surface area contributed by atoms with Gasteiger partial charge in [-0.25, -0.2) is 4.79 Å². The fraction of sp³-hybridized carbons (Fsp3) is 0.762. The zero-order chi connectivity index (χ0) is 20.7. The van der Waals surface area contributed by atoms with Crippen molar-refractivity contribution in [1.29, 1.82) is 0 Å². The molecule has 0 fully saturated rings. The number of aliphatic hydroxyl groups is 3. The van der Waals surface area contributed by atoms with Crippen molar-refractivity contribution in [1.82, 2.24) is 0 Å². The molecule has 0 aliphatic carbocycles. The van der Waals surface area contributed by atoms with Crippen LogP contribution < -0.4 is 0 Å². The summed E-state index contributed by atoms with van der Waals surface area (Å²) < 4.78 is -0.0168. The zero-order valence-electron chi connectivity index (χ0n) is 16.9. The molecule has 0 bridgehead atoms. The van der Waals surface area contributed by atoms with Crippen LogP contribution in [0.25, 0.3) is 0 Å². The normalized spacial score (nSPS) is 16.9. The van der Waals surface area contributed by atoms with Crippen LogP contribution >= 0.6 is 0 Å². The van der Waals surface area contributed by atoms with E-state index in [2.05, 4.69) is 13.2 Å². The van der Waals surface area contributed by atoms with Crippen LogP contribution in [-0.2, 0) is 4.79 Å². The number of aliphatic carboxylic acids is 1. The van der Waals surface area contributed by atoms with Crippen molar-refractivity contribution in [3.05, 3.63) is 25.3 Å². The summed E-state index contributed by atoms with van der Waals surface area (Å²) >= 11 is 0. The van der Waals surface area contributed by atoms with Crippen molar-refractivity contribution in [2.75, 3.05) is 26.2 Å². The number of carboxylic acids is 1. The summed E-state index contributed by atoms with van der Waals surface area (Å²) in [5.41, 5.74) is 0. The minimum Gasteiger partial charge on any atom is -0.477 e. The van der Waals surface area contributed by atoms with Gasteiger partial charge in [-0.3, -0.25) is 0 Å². The number of unbranched alkanes of at least 4 members (excludes halogenated alkanes) is 4. The Morgan fingerprint density at radius 2 is 1.41 bits per heavy atom. The second kappa shape index (κ2) is 14.8. The first-order valence-electron chi connectivity index (χ1n) is 10.1. The van der Waals surface area contributed by atoms with Crippen LogP contribution in [0.2, 0.25) is 0 Å². The summed E-state index contributed by atoms with van der Waals surface area (Å²) in [7, 11) is 0. The molecule has 0 saturated carbocycles. The molecule has 3 unspecified atom stereocenters. The van der Waals surface area contributed by atoms with Crippen molar-refractivity contribution in [2.45, 2.75) is 76.5 Å². The maximum atomic E-state index is 11.7. The van der Waals surface area contributed by atoms with Gasteiger partial charge < -0.3 is 24.9 Å². The molecule has 4 N–H and O–H groups in total. The lowest BCUT2D eigenvalue weighted by molar-refractivity contribution is -0.947. The Bertz CT molecular complexity index is 403. The molecule has 0 aliphatic rings. The molecule has 0 radical (unpaired) electrons. The highest BCUT2D eigenvalue weighted by molar-refractivity contribution is 5.71. The van der Waals surface area contributed by atoms with Crippen LogP contribution in [0.3, 0.4) is 0 Å². The molecule has 6 nitrogen and oxygen atoms in total. The Morgan fingerprint density at radius 1 is 0.963 bits per heavy atom. The average molecular weight is 387 g/mol. The molecule has 0 aliphatic heterocycles. The summed E-state index contributed by atoms with van der Waals surface area (Å²) in [6.45, 7) is 9.38. The number of carboxylic acid groups (broad SMARTS) is 1. The van der Waals surface area contributed by atoms with E-state index in [9.17, 15) is 25.2 Å². The van der Waals surface area contributed by atoms with Gasteiger partial charge in [-0.2, -0.15) is 0 Å². The standard InChI is InChI=1S/C21H39NO5/c1-4-6-8-10-12-19(24)16-22(14-15-23,18(3)21(26)27)17-20(25)13-11-9-7-5-2/h4-5,18-20,23-25H,1-2,6-17H2,3H3/p+1. The highest BCUT2D eigenvalue weighted by atomic mass is 16.4. The first-order chi connectivity index (χ1) is 12.8. The fourth-order valence-corrected chi connectivity index (χ4v) is 3.56. The summed E-state index contributed by atoms with van der Waals surface area (Å²) in [5.74, 6) is -0.985. The van der Waals surface area contributed by atoms with Gasteiger partial charge in [0.2, 0.25) is 0 Å². The lowest BCUT2D eigenvalue weighted by atomic mass is 10.0. The van der Waals surface area contributed by atoms with Crippen molar-refractivity contribution < 1.29 is 29.7 Å². The van der Waals surface area contributed by atoms with Gasteiger partial charge in [0.05, 0.1) is 6.61 Å². The van der Waals surface area contributed by atoms with Gasteiger partial charge in [-0.1, -0.05) is 25.0 Å². The van der Waals surface area contributed by atoms with E-state index in [1.54, 1.807) is 6.92 Å². The second-order valence-corrected chi connectivity index (χ2v) is 7.50. The van der Waals surface area contributed by atoms with Crippen LogP contribution in [0.5, 0.6) is 0 Å². The van der Waals surface area contributed by atoms with Crippen molar-refractivity contribution in [2.24, 2.45) is 0 Å². The molecule has 0 saturated heterocycles. The molecule has 158 valence electrons. The molecule has 0 rings (SSSR count). The van der Waals surface area contributed by atoms with Crippen LogP contribution in [-0.4, -0.2) is 75.4 Å². The number of hydrogen-bond acceptors (Lipinski definition) is 4. The quantitative estimate of drug-likeness (QED) is 0.165. The van der Waals surface area contributed by atoms with E-state index in [0.717, 1.165) is 38.5 Å².